The molecule has 0 unspecified atom stereocenters. The van der Waals surface area contributed by atoms with Crippen LogP contribution >= 0.6 is 0 Å². The second-order valence-electron chi connectivity index (χ2n) is 6.05. The van der Waals surface area contributed by atoms with Gasteiger partial charge in [-0.1, -0.05) is 25.3 Å². The third-order valence-corrected chi connectivity index (χ3v) is 4.08. The topological polar surface area (TPSA) is 96.2 Å². The average Bonchev–Trinajstić information content (AvgIpc) is 2.52. The van der Waals surface area contributed by atoms with Crippen molar-refractivity contribution in [1.82, 2.24) is 5.32 Å². The Bertz CT molecular complexity index is 554. The van der Waals surface area contributed by atoms with E-state index in [1.807, 2.05) is 19.1 Å². The lowest BCUT2D eigenvalue weighted by Crippen LogP contribution is -2.39. The summed E-state index contributed by atoms with van der Waals surface area (Å²) in [6.07, 6.45) is 5.96. The van der Waals surface area contributed by atoms with Gasteiger partial charge in [0.25, 0.3) is 0 Å². The summed E-state index contributed by atoms with van der Waals surface area (Å²) in [6, 6.07) is 5.53. The summed E-state index contributed by atoms with van der Waals surface area (Å²) in [6.45, 7) is 2.22. The van der Waals surface area contributed by atoms with E-state index in [1.54, 1.807) is 6.07 Å². The molecule has 1 aromatic rings. The molecule has 0 heterocycles. The highest BCUT2D eigenvalue weighted by Crippen LogP contribution is 2.21. The molecule has 3 amide bonds. The van der Waals surface area contributed by atoms with Gasteiger partial charge in [-0.2, -0.15) is 0 Å². The summed E-state index contributed by atoms with van der Waals surface area (Å²) < 4.78 is 0. The van der Waals surface area contributed by atoms with Crippen LogP contribution in [0.2, 0.25) is 0 Å². The normalized spacial score (nSPS) is 15.0. The molecule has 126 valence electrons. The van der Waals surface area contributed by atoms with E-state index in [4.69, 9.17) is 5.73 Å². The van der Waals surface area contributed by atoms with Crippen molar-refractivity contribution in [2.24, 2.45) is 5.73 Å². The lowest BCUT2D eigenvalue weighted by atomic mass is 9.96. The Kier molecular flexibility index (Phi) is 6.40. The maximum absolute atomic E-state index is 12.1. The molecular weight excluding hydrogens is 292 g/mol. The lowest BCUT2D eigenvalue weighted by molar-refractivity contribution is -0.116. The molecular formula is C17H26N4O2. The molecule has 0 bridgehead atoms. The van der Waals surface area contributed by atoms with Crippen LogP contribution in [0, 0.1) is 6.92 Å². The number of carbonyl (C=O) groups excluding carboxylic acids is 2. The molecule has 1 aliphatic rings. The largest absolute Gasteiger partial charge is 0.335 e. The Morgan fingerprint density at radius 1 is 1.17 bits per heavy atom. The monoisotopic (exact) mass is 318 g/mol. The Morgan fingerprint density at radius 2 is 1.91 bits per heavy atom. The number of carbonyl (C=O) groups is 2. The molecule has 0 aromatic heterocycles. The second-order valence-corrected chi connectivity index (χ2v) is 6.05. The van der Waals surface area contributed by atoms with Gasteiger partial charge in [-0.25, -0.2) is 4.79 Å². The molecule has 6 heteroatoms. The molecule has 0 aliphatic heterocycles. The third kappa shape index (κ3) is 5.56. The first-order valence-electron chi connectivity index (χ1n) is 8.26. The number of nitrogens with two attached hydrogens (primary N) is 1. The van der Waals surface area contributed by atoms with Crippen LogP contribution in [0.1, 0.15) is 44.1 Å². The number of urea groups is 1. The van der Waals surface area contributed by atoms with Gasteiger partial charge < -0.3 is 21.7 Å². The number of rotatable bonds is 5. The fourth-order valence-corrected chi connectivity index (χ4v) is 2.78. The van der Waals surface area contributed by atoms with Gasteiger partial charge in [0, 0.05) is 30.4 Å². The molecule has 1 fully saturated rings. The van der Waals surface area contributed by atoms with E-state index in [-0.39, 0.29) is 24.4 Å². The van der Waals surface area contributed by atoms with Crippen molar-refractivity contribution in [3.63, 3.8) is 0 Å². The molecule has 0 saturated heterocycles. The second kappa shape index (κ2) is 8.53. The smallest absolute Gasteiger partial charge is 0.319 e. The summed E-state index contributed by atoms with van der Waals surface area (Å²) in [7, 11) is 0. The van der Waals surface area contributed by atoms with Crippen molar-refractivity contribution >= 4 is 23.3 Å². The number of aryl methyl sites for hydroxylation is 1. The molecule has 2 rings (SSSR count). The van der Waals surface area contributed by atoms with Crippen molar-refractivity contribution in [1.29, 1.82) is 0 Å². The molecule has 23 heavy (non-hydrogen) atoms. The summed E-state index contributed by atoms with van der Waals surface area (Å²) in [5.74, 6) is -0.126. The van der Waals surface area contributed by atoms with Gasteiger partial charge in [0.1, 0.15) is 0 Å². The maximum Gasteiger partial charge on any atom is 0.319 e. The van der Waals surface area contributed by atoms with Gasteiger partial charge in [-0.15, -0.1) is 0 Å². The Morgan fingerprint density at radius 3 is 2.61 bits per heavy atom. The van der Waals surface area contributed by atoms with Gasteiger partial charge in [0.05, 0.1) is 0 Å². The number of benzene rings is 1. The van der Waals surface area contributed by atoms with Crippen LogP contribution in [0.25, 0.3) is 0 Å². The number of nitrogens with one attached hydrogen (secondary N) is 3. The first-order valence-corrected chi connectivity index (χ1v) is 8.26. The van der Waals surface area contributed by atoms with Crippen LogP contribution in [0.15, 0.2) is 18.2 Å². The minimum atomic E-state index is -0.194. The van der Waals surface area contributed by atoms with E-state index >= 15 is 0 Å². The quantitative estimate of drug-likeness (QED) is 0.672. The highest BCUT2D eigenvalue weighted by molar-refractivity contribution is 5.94. The van der Waals surface area contributed by atoms with E-state index in [9.17, 15) is 9.59 Å². The predicted molar refractivity (Wildman–Crippen MR) is 92.5 cm³/mol. The summed E-state index contributed by atoms with van der Waals surface area (Å²) in [5.41, 5.74) is 7.67. The third-order valence-electron chi connectivity index (χ3n) is 4.08. The highest BCUT2D eigenvalue weighted by atomic mass is 16.2. The number of anilines is 2. The highest BCUT2D eigenvalue weighted by Gasteiger charge is 2.15. The van der Waals surface area contributed by atoms with Crippen molar-refractivity contribution in [2.45, 2.75) is 51.5 Å². The molecule has 0 radical (unpaired) electrons. The van der Waals surface area contributed by atoms with Crippen molar-refractivity contribution in [2.75, 3.05) is 17.2 Å². The average molecular weight is 318 g/mol. The fraction of sp³-hybridized carbons (Fsp3) is 0.529. The predicted octanol–water partition coefficient (Wildman–Crippen LogP) is 2.74. The Hall–Kier alpha value is -2.08. The minimum Gasteiger partial charge on any atom is -0.335 e. The number of hydrogen-bond donors (Lipinski definition) is 4. The van der Waals surface area contributed by atoms with Gasteiger partial charge in [-0.05, 0) is 37.5 Å². The van der Waals surface area contributed by atoms with Gasteiger partial charge in [0.15, 0.2) is 0 Å². The van der Waals surface area contributed by atoms with Crippen molar-refractivity contribution in [3.8, 4) is 0 Å². The van der Waals surface area contributed by atoms with E-state index in [2.05, 4.69) is 16.0 Å². The standard InChI is InChI=1S/C17H26N4O2/c1-12-7-8-14(11-15(12)21-16(22)9-10-18)20-17(23)19-13-5-3-2-4-6-13/h7-8,11,13H,2-6,9-10,18H2,1H3,(H,21,22)(H2,19,20,23). The van der Waals surface area contributed by atoms with E-state index in [0.717, 1.165) is 18.4 Å². The molecule has 6 nitrogen and oxygen atoms in total. The van der Waals surface area contributed by atoms with Gasteiger partial charge in [-0.3, -0.25) is 4.79 Å². The molecule has 1 aromatic carbocycles. The maximum atomic E-state index is 12.1. The molecule has 1 aliphatic carbocycles. The van der Waals surface area contributed by atoms with Gasteiger partial charge >= 0.3 is 6.03 Å². The molecule has 1 saturated carbocycles. The van der Waals surface area contributed by atoms with Crippen LogP contribution in [0.3, 0.4) is 0 Å². The van der Waals surface area contributed by atoms with Gasteiger partial charge in [0.2, 0.25) is 5.91 Å². The Balaban J connectivity index is 1.93. The molecule has 0 spiro atoms. The molecule has 0 atom stereocenters. The van der Waals surface area contributed by atoms with E-state index in [0.29, 0.717) is 17.9 Å². The first kappa shape index (κ1) is 17.3. The van der Waals surface area contributed by atoms with Crippen LogP contribution in [-0.2, 0) is 4.79 Å². The minimum absolute atomic E-state index is 0.126. The van der Waals surface area contributed by atoms with E-state index in [1.165, 1.54) is 19.3 Å². The lowest BCUT2D eigenvalue weighted by Gasteiger charge is -2.23. The number of amides is 3. The van der Waals surface area contributed by atoms with Crippen molar-refractivity contribution in [3.05, 3.63) is 23.8 Å². The van der Waals surface area contributed by atoms with Crippen LogP contribution < -0.4 is 21.7 Å². The summed E-state index contributed by atoms with van der Waals surface area (Å²) in [5, 5.41) is 8.66. The van der Waals surface area contributed by atoms with Crippen LogP contribution in [0.5, 0.6) is 0 Å². The first-order chi connectivity index (χ1) is 11.1. The SMILES string of the molecule is Cc1ccc(NC(=O)NC2CCCCC2)cc1NC(=O)CCN. The fourth-order valence-electron chi connectivity index (χ4n) is 2.78. The van der Waals surface area contributed by atoms with Crippen LogP contribution in [0.4, 0.5) is 16.2 Å². The Labute approximate surface area is 137 Å². The summed E-state index contributed by atoms with van der Waals surface area (Å²) >= 11 is 0. The van der Waals surface area contributed by atoms with Crippen LogP contribution in [-0.4, -0.2) is 24.5 Å². The zero-order chi connectivity index (χ0) is 16.7. The number of hydrogen-bond acceptors (Lipinski definition) is 3. The zero-order valence-corrected chi connectivity index (χ0v) is 13.7. The summed E-state index contributed by atoms with van der Waals surface area (Å²) in [4.78, 5) is 23.7. The molecule has 5 N–H and O–H groups in total. The van der Waals surface area contributed by atoms with Crippen molar-refractivity contribution < 1.29 is 9.59 Å². The van der Waals surface area contributed by atoms with E-state index < -0.39 is 0 Å². The zero-order valence-electron chi connectivity index (χ0n) is 13.7.